The minimum absolute atomic E-state index is 0.0333. The van der Waals surface area contributed by atoms with Gasteiger partial charge in [-0.05, 0) is 33.8 Å². The molecule has 0 unspecified atom stereocenters. The number of hydrogen-bond donors (Lipinski definition) is 0. The molecule has 0 amide bonds. The molecular formula is C15H22O. The van der Waals surface area contributed by atoms with E-state index in [1.165, 1.54) is 0 Å². The van der Waals surface area contributed by atoms with E-state index in [0.717, 1.165) is 17.1 Å². The zero-order valence-electron chi connectivity index (χ0n) is 11.5. The highest BCUT2D eigenvalue weighted by Crippen LogP contribution is 2.26. The van der Waals surface area contributed by atoms with Crippen molar-refractivity contribution in [3.05, 3.63) is 23.2 Å². The van der Waals surface area contributed by atoms with Crippen LogP contribution < -0.4 is 0 Å². The van der Waals surface area contributed by atoms with Gasteiger partial charge in [-0.25, -0.2) is 0 Å². The summed E-state index contributed by atoms with van der Waals surface area (Å²) in [6.45, 7) is 14.7. The Kier molecular flexibility index (Phi) is 3.24. The molecule has 0 saturated heterocycles. The number of aryl methyl sites for hydroxylation is 1. The molecule has 1 heterocycles. The van der Waals surface area contributed by atoms with Gasteiger partial charge in [0.2, 0.25) is 0 Å². The van der Waals surface area contributed by atoms with Gasteiger partial charge in [0.25, 0.3) is 0 Å². The first-order valence-electron chi connectivity index (χ1n) is 5.74. The minimum atomic E-state index is 0.0333. The van der Waals surface area contributed by atoms with E-state index in [2.05, 4.69) is 59.4 Å². The van der Waals surface area contributed by atoms with Crippen molar-refractivity contribution < 1.29 is 4.42 Å². The molecule has 0 aliphatic rings. The molecule has 1 aromatic rings. The second-order valence-corrected chi connectivity index (χ2v) is 6.33. The summed E-state index contributed by atoms with van der Waals surface area (Å²) in [6.07, 6.45) is 0. The van der Waals surface area contributed by atoms with Crippen molar-refractivity contribution >= 4 is 0 Å². The third-order valence-electron chi connectivity index (χ3n) is 2.23. The maximum Gasteiger partial charge on any atom is 0.116 e. The Balaban J connectivity index is 3.08. The lowest BCUT2D eigenvalue weighted by Crippen LogP contribution is -2.09. The molecule has 0 spiro atoms. The number of hydrogen-bond acceptors (Lipinski definition) is 1. The minimum Gasteiger partial charge on any atom is -0.464 e. The zero-order valence-corrected chi connectivity index (χ0v) is 11.5. The molecule has 1 aromatic heterocycles. The van der Waals surface area contributed by atoms with Gasteiger partial charge in [0.15, 0.2) is 0 Å². The summed E-state index contributed by atoms with van der Waals surface area (Å²) < 4.78 is 5.74. The molecule has 0 aromatic carbocycles. The molecular weight excluding hydrogens is 196 g/mol. The quantitative estimate of drug-likeness (QED) is 0.592. The normalized spacial score (nSPS) is 12.2. The first-order valence-corrected chi connectivity index (χ1v) is 5.74. The molecule has 0 bridgehead atoms. The number of rotatable bonds is 0. The summed E-state index contributed by atoms with van der Waals surface area (Å²) in [5, 5.41) is 0. The predicted octanol–water partition coefficient (Wildman–Crippen LogP) is 4.28. The van der Waals surface area contributed by atoms with Crippen molar-refractivity contribution in [1.82, 2.24) is 0 Å². The van der Waals surface area contributed by atoms with Crippen LogP contribution in [0.5, 0.6) is 0 Å². The average Bonchev–Trinajstić information content (AvgIpc) is 2.41. The van der Waals surface area contributed by atoms with Crippen molar-refractivity contribution in [2.45, 2.75) is 53.9 Å². The van der Waals surface area contributed by atoms with E-state index in [1.807, 2.05) is 6.92 Å². The molecule has 0 fully saturated rings. The third-order valence-corrected chi connectivity index (χ3v) is 2.23. The van der Waals surface area contributed by atoms with Crippen molar-refractivity contribution in [2.75, 3.05) is 0 Å². The molecule has 16 heavy (non-hydrogen) atoms. The van der Waals surface area contributed by atoms with Crippen molar-refractivity contribution in [3.63, 3.8) is 0 Å². The Hall–Kier alpha value is -1.16. The van der Waals surface area contributed by atoms with Crippen LogP contribution in [0.15, 0.2) is 10.5 Å². The second kappa shape index (κ2) is 4.01. The average molecular weight is 218 g/mol. The lowest BCUT2D eigenvalue weighted by Gasteiger charge is -2.13. The van der Waals surface area contributed by atoms with E-state index in [1.54, 1.807) is 0 Å². The maximum atomic E-state index is 5.74. The molecule has 0 N–H and O–H groups in total. The maximum absolute atomic E-state index is 5.74. The summed E-state index contributed by atoms with van der Waals surface area (Å²) in [5.41, 5.74) is 1.10. The van der Waals surface area contributed by atoms with Crippen LogP contribution in [0, 0.1) is 24.2 Å². The Morgan fingerprint density at radius 3 is 2.00 bits per heavy atom. The molecule has 0 radical (unpaired) electrons. The van der Waals surface area contributed by atoms with Gasteiger partial charge in [-0.15, -0.1) is 0 Å². The predicted molar refractivity (Wildman–Crippen MR) is 68.5 cm³/mol. The SMILES string of the molecule is Cc1oc(C(C)(C)C)cc1C#CC(C)(C)C. The Morgan fingerprint density at radius 2 is 1.62 bits per heavy atom. The Labute approximate surface area is 99.2 Å². The summed E-state index contributed by atoms with van der Waals surface area (Å²) in [6, 6.07) is 2.06. The lowest BCUT2D eigenvalue weighted by molar-refractivity contribution is 0.395. The molecule has 0 aliphatic heterocycles. The van der Waals surface area contributed by atoms with E-state index in [9.17, 15) is 0 Å². The van der Waals surface area contributed by atoms with Gasteiger partial charge in [0, 0.05) is 10.8 Å². The summed E-state index contributed by atoms with van der Waals surface area (Å²) >= 11 is 0. The zero-order chi connectivity index (χ0) is 12.6. The van der Waals surface area contributed by atoms with Crippen molar-refractivity contribution in [2.24, 2.45) is 5.41 Å². The van der Waals surface area contributed by atoms with Gasteiger partial charge in [-0.1, -0.05) is 32.6 Å². The van der Waals surface area contributed by atoms with Gasteiger partial charge < -0.3 is 4.42 Å². The van der Waals surface area contributed by atoms with Gasteiger partial charge in [0.1, 0.15) is 11.5 Å². The van der Waals surface area contributed by atoms with Gasteiger partial charge >= 0.3 is 0 Å². The third kappa shape index (κ3) is 3.45. The molecule has 0 saturated carbocycles. The molecule has 88 valence electrons. The van der Waals surface area contributed by atoms with E-state index < -0.39 is 0 Å². The summed E-state index contributed by atoms with van der Waals surface area (Å²) in [5.74, 6) is 8.36. The lowest BCUT2D eigenvalue weighted by atomic mass is 9.93. The van der Waals surface area contributed by atoms with Crippen molar-refractivity contribution in [1.29, 1.82) is 0 Å². The van der Waals surface area contributed by atoms with Gasteiger partial charge in [-0.3, -0.25) is 0 Å². The largest absolute Gasteiger partial charge is 0.464 e. The smallest absolute Gasteiger partial charge is 0.116 e. The van der Waals surface area contributed by atoms with Crippen molar-refractivity contribution in [3.8, 4) is 11.8 Å². The highest BCUT2D eigenvalue weighted by molar-refractivity contribution is 5.40. The van der Waals surface area contributed by atoms with Gasteiger partial charge in [0.05, 0.1) is 5.56 Å². The topological polar surface area (TPSA) is 13.1 Å². The van der Waals surface area contributed by atoms with Crippen LogP contribution in [0.3, 0.4) is 0 Å². The fourth-order valence-corrected chi connectivity index (χ4v) is 1.23. The standard InChI is InChI=1S/C15H22O/c1-11-12(8-9-14(2,3)4)10-13(16-11)15(5,6)7/h10H,1-7H3. The first-order chi connectivity index (χ1) is 7.09. The molecule has 1 rings (SSSR count). The van der Waals surface area contributed by atoms with Crippen LogP contribution in [-0.2, 0) is 5.41 Å². The van der Waals surface area contributed by atoms with Crippen LogP contribution in [0.1, 0.15) is 58.6 Å². The molecule has 0 atom stereocenters. The number of furan rings is 1. The first kappa shape index (κ1) is 12.9. The van der Waals surface area contributed by atoms with E-state index in [4.69, 9.17) is 4.42 Å². The fourth-order valence-electron chi connectivity index (χ4n) is 1.23. The Bertz CT molecular complexity index is 425. The van der Waals surface area contributed by atoms with E-state index >= 15 is 0 Å². The van der Waals surface area contributed by atoms with Gasteiger partial charge in [-0.2, -0.15) is 0 Å². The summed E-state index contributed by atoms with van der Waals surface area (Å²) in [4.78, 5) is 0. The fraction of sp³-hybridized carbons (Fsp3) is 0.600. The van der Waals surface area contributed by atoms with Crippen LogP contribution in [0.2, 0.25) is 0 Å². The van der Waals surface area contributed by atoms with Crippen LogP contribution in [0.4, 0.5) is 0 Å². The highest BCUT2D eigenvalue weighted by Gasteiger charge is 2.19. The van der Waals surface area contributed by atoms with E-state index in [0.29, 0.717) is 0 Å². The van der Waals surface area contributed by atoms with Crippen LogP contribution in [0.25, 0.3) is 0 Å². The second-order valence-electron chi connectivity index (χ2n) is 6.33. The van der Waals surface area contributed by atoms with Crippen LogP contribution >= 0.6 is 0 Å². The molecule has 1 heteroatoms. The summed E-state index contributed by atoms with van der Waals surface area (Å²) in [7, 11) is 0. The van der Waals surface area contributed by atoms with E-state index in [-0.39, 0.29) is 10.8 Å². The Morgan fingerprint density at radius 1 is 1.06 bits per heavy atom. The monoisotopic (exact) mass is 218 g/mol. The van der Waals surface area contributed by atoms with Crippen LogP contribution in [-0.4, -0.2) is 0 Å². The molecule has 0 aliphatic carbocycles. The highest BCUT2D eigenvalue weighted by atomic mass is 16.3. The molecule has 1 nitrogen and oxygen atoms in total.